The molecule has 1 aromatic carbocycles. The predicted octanol–water partition coefficient (Wildman–Crippen LogP) is 3.93. The summed E-state index contributed by atoms with van der Waals surface area (Å²) in [5.74, 6) is 0. The van der Waals surface area contributed by atoms with Crippen LogP contribution in [0.3, 0.4) is 0 Å². The van der Waals surface area contributed by atoms with Gasteiger partial charge in [0.05, 0.1) is 5.56 Å². The first-order valence-corrected chi connectivity index (χ1v) is 8.97. The first-order valence-electron chi connectivity index (χ1n) is 8.09. The molecule has 0 spiro atoms. The molecule has 4 rings (SSSR count). The summed E-state index contributed by atoms with van der Waals surface area (Å²) in [4.78, 5) is 31.8. The smallest absolute Gasteiger partial charge is 0.373 e. The normalized spacial score (nSPS) is 13.8. The fourth-order valence-electron chi connectivity index (χ4n) is 3.05. The second-order valence-electron chi connectivity index (χ2n) is 5.78. The molecule has 1 fully saturated rings. The Bertz CT molecular complexity index is 934. The second kappa shape index (κ2) is 7.92. The maximum absolute atomic E-state index is 12.2. The van der Waals surface area contributed by atoms with Crippen LogP contribution >= 0.6 is 11.3 Å². The molecule has 0 N–H and O–H groups in total. The van der Waals surface area contributed by atoms with Gasteiger partial charge in [-0.05, 0) is 48.9 Å². The van der Waals surface area contributed by atoms with Gasteiger partial charge in [0.25, 0.3) is 0 Å². The molecule has 3 aromatic rings. The van der Waals surface area contributed by atoms with E-state index in [1.807, 2.05) is 29.6 Å². The van der Waals surface area contributed by atoms with Gasteiger partial charge in [-0.2, -0.15) is 9.59 Å². The number of nitrogens with zero attached hydrogens (tertiary/aromatic N) is 1. The molecule has 1 aliphatic rings. The molecule has 3 heterocycles. The third-order valence-corrected chi connectivity index (χ3v) is 5.13. The van der Waals surface area contributed by atoms with Crippen LogP contribution in [0.2, 0.25) is 0 Å². The van der Waals surface area contributed by atoms with Crippen molar-refractivity contribution in [3.05, 3.63) is 52.2 Å². The van der Waals surface area contributed by atoms with Crippen molar-refractivity contribution in [1.82, 2.24) is 0 Å². The summed E-state index contributed by atoms with van der Waals surface area (Å²) >= 11 is 1.56. The van der Waals surface area contributed by atoms with E-state index in [9.17, 15) is 4.79 Å². The van der Waals surface area contributed by atoms with Crippen LogP contribution in [0.4, 0.5) is 5.69 Å². The van der Waals surface area contributed by atoms with Gasteiger partial charge in [-0.15, -0.1) is 11.3 Å². The molecule has 6 heteroatoms. The molecule has 0 aliphatic carbocycles. The van der Waals surface area contributed by atoms with Crippen molar-refractivity contribution in [2.75, 3.05) is 18.0 Å². The van der Waals surface area contributed by atoms with Crippen molar-refractivity contribution in [2.24, 2.45) is 0 Å². The van der Waals surface area contributed by atoms with Gasteiger partial charge >= 0.3 is 11.8 Å². The molecule has 128 valence electrons. The third kappa shape index (κ3) is 3.87. The average molecular weight is 355 g/mol. The van der Waals surface area contributed by atoms with E-state index >= 15 is 0 Å². The van der Waals surface area contributed by atoms with Crippen LogP contribution in [0, 0.1) is 0 Å². The van der Waals surface area contributed by atoms with Crippen molar-refractivity contribution in [3.8, 4) is 10.4 Å². The van der Waals surface area contributed by atoms with Crippen molar-refractivity contribution in [2.45, 2.75) is 19.3 Å². The van der Waals surface area contributed by atoms with E-state index in [0.717, 1.165) is 29.0 Å². The Morgan fingerprint density at radius 3 is 2.48 bits per heavy atom. The van der Waals surface area contributed by atoms with E-state index in [-0.39, 0.29) is 11.8 Å². The largest absolute Gasteiger partial charge is 0.422 e. The van der Waals surface area contributed by atoms with E-state index < -0.39 is 0 Å². The van der Waals surface area contributed by atoms with E-state index in [1.54, 1.807) is 11.3 Å². The third-order valence-electron chi connectivity index (χ3n) is 4.23. The number of carbonyl (C=O) groups excluding carboxylic acids is 2. The topological polar surface area (TPSA) is 67.6 Å². The van der Waals surface area contributed by atoms with Crippen LogP contribution in [0.15, 0.2) is 51.0 Å². The number of anilines is 1. The molecule has 0 radical (unpaired) electrons. The highest BCUT2D eigenvalue weighted by atomic mass is 32.1. The number of rotatable bonds is 2. The van der Waals surface area contributed by atoms with Crippen LogP contribution in [0.25, 0.3) is 21.4 Å². The first-order chi connectivity index (χ1) is 12.2. The molecule has 5 nitrogen and oxygen atoms in total. The van der Waals surface area contributed by atoms with Crippen LogP contribution in [-0.4, -0.2) is 19.2 Å². The highest BCUT2D eigenvalue weighted by Crippen LogP contribution is 2.28. The summed E-state index contributed by atoms with van der Waals surface area (Å²) < 4.78 is 5.57. The lowest BCUT2D eigenvalue weighted by molar-refractivity contribution is -0.191. The van der Waals surface area contributed by atoms with E-state index in [0.29, 0.717) is 11.1 Å². The number of benzene rings is 1. The first kappa shape index (κ1) is 17.1. The molecule has 2 aromatic heterocycles. The zero-order valence-electron chi connectivity index (χ0n) is 13.6. The summed E-state index contributed by atoms with van der Waals surface area (Å²) in [5, 5.41) is 2.95. The minimum atomic E-state index is -0.259. The van der Waals surface area contributed by atoms with Gasteiger partial charge in [0.2, 0.25) is 0 Å². The van der Waals surface area contributed by atoms with Gasteiger partial charge in [0.15, 0.2) is 0 Å². The summed E-state index contributed by atoms with van der Waals surface area (Å²) in [5.41, 5.74) is 2.21. The quantitative estimate of drug-likeness (QED) is 0.652. The molecule has 0 saturated carbocycles. The lowest BCUT2D eigenvalue weighted by atomic mass is 10.1. The Kier molecular flexibility index (Phi) is 5.43. The van der Waals surface area contributed by atoms with Gasteiger partial charge in [0, 0.05) is 35.1 Å². The molecule has 0 bridgehead atoms. The number of fused-ring (bicyclic) bond motifs is 1. The maximum Gasteiger partial charge on any atom is 0.373 e. The lowest BCUT2D eigenvalue weighted by Gasteiger charge is -2.28. The fraction of sp³-hybridized carbons (Fsp3) is 0.263. The number of hydrogen-bond donors (Lipinski definition) is 0. The number of piperidine rings is 1. The monoisotopic (exact) mass is 355 g/mol. The Morgan fingerprint density at radius 1 is 1.04 bits per heavy atom. The lowest BCUT2D eigenvalue weighted by Crippen LogP contribution is -2.29. The van der Waals surface area contributed by atoms with Crippen LogP contribution in [0.5, 0.6) is 0 Å². The van der Waals surface area contributed by atoms with Crippen molar-refractivity contribution >= 4 is 34.1 Å². The van der Waals surface area contributed by atoms with Crippen molar-refractivity contribution in [1.29, 1.82) is 0 Å². The number of thiophene rings is 1. The highest BCUT2D eigenvalue weighted by Gasteiger charge is 2.13. The number of hydrogen-bond acceptors (Lipinski definition) is 6. The van der Waals surface area contributed by atoms with Crippen LogP contribution < -0.4 is 10.5 Å². The Balaban J connectivity index is 0.000000569. The molecular formula is C19H17NO4S. The molecule has 1 aliphatic heterocycles. The summed E-state index contributed by atoms with van der Waals surface area (Å²) in [6.45, 7) is 2.17. The fourth-order valence-corrected chi connectivity index (χ4v) is 3.78. The standard InChI is InChI=1S/C18H17NO2S.CO2/c20-18-15(17-5-4-10-22-17)11-13-6-7-14(12-16(13)21-18)19-8-2-1-3-9-19;2-1-3/h4-7,10-12H,1-3,8-9H2;. The minimum absolute atomic E-state index is 0.250. The SMILES string of the molecule is O=C=O.O=c1oc2cc(N3CCCCC3)ccc2cc1-c1cccs1. The maximum atomic E-state index is 12.2. The molecule has 25 heavy (non-hydrogen) atoms. The summed E-state index contributed by atoms with van der Waals surface area (Å²) in [6, 6.07) is 12.0. The molecular weight excluding hydrogens is 338 g/mol. The zero-order valence-corrected chi connectivity index (χ0v) is 14.4. The zero-order chi connectivity index (χ0) is 17.6. The molecule has 0 amide bonds. The average Bonchev–Trinajstić information content (AvgIpc) is 3.16. The van der Waals surface area contributed by atoms with Gasteiger partial charge in [-0.1, -0.05) is 6.07 Å². The van der Waals surface area contributed by atoms with Crippen molar-refractivity contribution < 1.29 is 14.0 Å². The van der Waals surface area contributed by atoms with E-state index in [2.05, 4.69) is 17.0 Å². The second-order valence-corrected chi connectivity index (χ2v) is 6.73. The van der Waals surface area contributed by atoms with Crippen molar-refractivity contribution in [3.63, 3.8) is 0 Å². The Hall–Kier alpha value is -2.69. The van der Waals surface area contributed by atoms with Crippen LogP contribution in [0.1, 0.15) is 19.3 Å². The molecule has 1 saturated heterocycles. The minimum Gasteiger partial charge on any atom is -0.422 e. The van der Waals surface area contributed by atoms with Gasteiger partial charge < -0.3 is 9.32 Å². The Labute approximate surface area is 148 Å². The highest BCUT2D eigenvalue weighted by molar-refractivity contribution is 7.13. The van der Waals surface area contributed by atoms with E-state index in [1.165, 1.54) is 19.3 Å². The van der Waals surface area contributed by atoms with Crippen LogP contribution in [-0.2, 0) is 9.59 Å². The van der Waals surface area contributed by atoms with E-state index in [4.69, 9.17) is 14.0 Å². The Morgan fingerprint density at radius 2 is 1.80 bits per heavy atom. The van der Waals surface area contributed by atoms with Gasteiger partial charge in [0.1, 0.15) is 5.58 Å². The van der Waals surface area contributed by atoms with Gasteiger partial charge in [-0.25, -0.2) is 4.79 Å². The summed E-state index contributed by atoms with van der Waals surface area (Å²) in [7, 11) is 0. The molecule has 0 unspecified atom stereocenters. The van der Waals surface area contributed by atoms with Gasteiger partial charge in [-0.3, -0.25) is 0 Å². The summed E-state index contributed by atoms with van der Waals surface area (Å²) in [6.07, 6.45) is 4.03. The molecule has 0 atom stereocenters. The predicted molar refractivity (Wildman–Crippen MR) is 96.9 cm³/mol.